The Bertz CT molecular complexity index is 840. The molecule has 0 bridgehead atoms. The first-order valence-electron chi connectivity index (χ1n) is 8.95. The minimum absolute atomic E-state index is 0.0255. The average Bonchev–Trinajstić information content (AvgIpc) is 2.61. The number of ketones is 1. The minimum Gasteiger partial charge on any atom is -0.504 e. The molecule has 4 heteroatoms. The fourth-order valence-corrected chi connectivity index (χ4v) is 4.26. The van der Waals surface area contributed by atoms with E-state index in [2.05, 4.69) is 26.0 Å². The van der Waals surface area contributed by atoms with Crippen molar-refractivity contribution in [3.05, 3.63) is 58.1 Å². The molecular weight excluding hydrogens is 328 g/mol. The maximum atomic E-state index is 12.5. The van der Waals surface area contributed by atoms with Crippen molar-refractivity contribution in [3.63, 3.8) is 0 Å². The van der Waals surface area contributed by atoms with Crippen LogP contribution in [0.25, 0.3) is 0 Å². The van der Waals surface area contributed by atoms with Crippen molar-refractivity contribution in [1.82, 2.24) is 0 Å². The highest BCUT2D eigenvalue weighted by Crippen LogP contribution is 2.46. The number of phenols is 1. The molecule has 0 aliphatic heterocycles. The summed E-state index contributed by atoms with van der Waals surface area (Å²) in [7, 11) is 1.51. The molecular formula is C22H26O4. The number of aryl methyl sites for hydroxylation is 2. The molecule has 0 heterocycles. The fourth-order valence-electron chi connectivity index (χ4n) is 4.26. The van der Waals surface area contributed by atoms with Crippen molar-refractivity contribution in [2.24, 2.45) is 11.8 Å². The van der Waals surface area contributed by atoms with E-state index in [1.54, 1.807) is 19.1 Å². The molecule has 1 aliphatic carbocycles. The molecule has 138 valence electrons. The Morgan fingerprint density at radius 3 is 2.50 bits per heavy atom. The van der Waals surface area contributed by atoms with Crippen molar-refractivity contribution in [3.8, 4) is 11.5 Å². The van der Waals surface area contributed by atoms with Gasteiger partial charge in [-0.2, -0.15) is 0 Å². The minimum atomic E-state index is -0.302. The van der Waals surface area contributed by atoms with E-state index in [-0.39, 0.29) is 35.9 Å². The zero-order valence-corrected chi connectivity index (χ0v) is 15.7. The van der Waals surface area contributed by atoms with Crippen LogP contribution < -0.4 is 4.74 Å². The number of hydrogen-bond donors (Lipinski definition) is 2. The molecule has 2 N–H and O–H groups in total. The van der Waals surface area contributed by atoms with Gasteiger partial charge >= 0.3 is 0 Å². The molecule has 3 unspecified atom stereocenters. The molecule has 2 aromatic carbocycles. The zero-order chi connectivity index (χ0) is 19.0. The van der Waals surface area contributed by atoms with E-state index in [0.717, 1.165) is 11.1 Å². The smallest absolute Gasteiger partial charge is 0.160 e. The number of methoxy groups -OCH3 is 1. The van der Waals surface area contributed by atoms with Crippen LogP contribution in [-0.2, 0) is 11.2 Å². The topological polar surface area (TPSA) is 66.8 Å². The van der Waals surface area contributed by atoms with Crippen molar-refractivity contribution in [2.75, 3.05) is 13.7 Å². The van der Waals surface area contributed by atoms with Gasteiger partial charge in [0.05, 0.1) is 7.11 Å². The quantitative estimate of drug-likeness (QED) is 0.882. The number of Topliss-reactive ketones (excluding diaryl/α,β-unsaturated/α-hetero) is 1. The van der Waals surface area contributed by atoms with Crippen LogP contribution in [0.3, 0.4) is 0 Å². The summed E-state index contributed by atoms with van der Waals surface area (Å²) in [5.74, 6) is -0.0466. The summed E-state index contributed by atoms with van der Waals surface area (Å²) < 4.78 is 5.27. The van der Waals surface area contributed by atoms with Gasteiger partial charge in [0.25, 0.3) is 0 Å². The largest absolute Gasteiger partial charge is 0.504 e. The monoisotopic (exact) mass is 354 g/mol. The molecule has 0 radical (unpaired) electrons. The number of aliphatic hydroxyl groups excluding tert-OH is 1. The first-order valence-corrected chi connectivity index (χ1v) is 8.95. The third-order valence-corrected chi connectivity index (χ3v) is 5.71. The molecule has 0 fully saturated rings. The van der Waals surface area contributed by atoms with Gasteiger partial charge < -0.3 is 14.9 Å². The molecule has 3 rings (SSSR count). The van der Waals surface area contributed by atoms with Crippen LogP contribution in [-0.4, -0.2) is 29.7 Å². The lowest BCUT2D eigenvalue weighted by Crippen LogP contribution is -2.37. The molecule has 0 aromatic heterocycles. The van der Waals surface area contributed by atoms with E-state index >= 15 is 0 Å². The number of aromatic hydroxyl groups is 1. The summed E-state index contributed by atoms with van der Waals surface area (Å²) in [6.45, 7) is 5.73. The lowest BCUT2D eigenvalue weighted by Gasteiger charge is -2.38. The van der Waals surface area contributed by atoms with E-state index in [4.69, 9.17) is 4.74 Å². The second kappa shape index (κ2) is 7.12. The van der Waals surface area contributed by atoms with Gasteiger partial charge in [-0.05, 0) is 73.1 Å². The predicted octanol–water partition coefficient (Wildman–Crippen LogP) is 3.52. The number of carbonyl (C=O) groups is 1. The summed E-state index contributed by atoms with van der Waals surface area (Å²) in [4.78, 5) is 12.5. The van der Waals surface area contributed by atoms with Crippen LogP contribution >= 0.6 is 0 Å². The highest BCUT2D eigenvalue weighted by Gasteiger charge is 2.40. The van der Waals surface area contributed by atoms with Gasteiger partial charge in [0.2, 0.25) is 0 Å². The molecule has 2 aromatic rings. The van der Waals surface area contributed by atoms with E-state index in [0.29, 0.717) is 12.2 Å². The molecule has 3 atom stereocenters. The summed E-state index contributed by atoms with van der Waals surface area (Å²) in [5, 5.41) is 19.9. The first-order chi connectivity index (χ1) is 12.4. The molecule has 0 spiro atoms. The van der Waals surface area contributed by atoms with E-state index < -0.39 is 0 Å². The molecule has 26 heavy (non-hydrogen) atoms. The van der Waals surface area contributed by atoms with E-state index in [1.165, 1.54) is 23.8 Å². The highest BCUT2D eigenvalue weighted by atomic mass is 16.5. The number of ether oxygens (including phenoxy) is 1. The fraction of sp³-hybridized carbons (Fsp3) is 0.409. The zero-order valence-electron chi connectivity index (χ0n) is 15.7. The predicted molar refractivity (Wildman–Crippen MR) is 101 cm³/mol. The number of carbonyl (C=O) groups excluding carboxylic acids is 1. The highest BCUT2D eigenvalue weighted by molar-refractivity contribution is 5.81. The Hall–Kier alpha value is -2.33. The molecule has 4 nitrogen and oxygen atoms in total. The van der Waals surface area contributed by atoms with Gasteiger partial charge in [0, 0.05) is 18.4 Å². The second-order valence-corrected chi connectivity index (χ2v) is 7.33. The van der Waals surface area contributed by atoms with Gasteiger partial charge in [-0.25, -0.2) is 0 Å². The van der Waals surface area contributed by atoms with Crippen molar-refractivity contribution in [2.45, 2.75) is 33.1 Å². The van der Waals surface area contributed by atoms with Gasteiger partial charge in [-0.3, -0.25) is 4.79 Å². The number of fused-ring (bicyclic) bond motifs is 1. The Morgan fingerprint density at radius 1 is 1.19 bits per heavy atom. The number of hydrogen-bond acceptors (Lipinski definition) is 4. The van der Waals surface area contributed by atoms with Crippen LogP contribution in [0.1, 0.15) is 40.7 Å². The number of benzene rings is 2. The molecule has 0 saturated heterocycles. The maximum Gasteiger partial charge on any atom is 0.160 e. The summed E-state index contributed by atoms with van der Waals surface area (Å²) in [6, 6.07) is 9.59. The number of aliphatic hydroxyl groups is 1. The van der Waals surface area contributed by atoms with Crippen LogP contribution in [0.5, 0.6) is 11.5 Å². The third kappa shape index (κ3) is 3.10. The molecule has 0 amide bonds. The molecule has 1 aliphatic rings. The number of phenolic OH excluding ortho intramolecular Hbond substituents is 1. The van der Waals surface area contributed by atoms with Crippen molar-refractivity contribution in [1.29, 1.82) is 0 Å². The van der Waals surface area contributed by atoms with Crippen LogP contribution in [0.4, 0.5) is 0 Å². The van der Waals surface area contributed by atoms with Crippen LogP contribution in [0.2, 0.25) is 0 Å². The average molecular weight is 354 g/mol. The Kier molecular flexibility index (Phi) is 5.05. The SMILES string of the molecule is COc1cc(C2c3cc(C)c(C)cc3CC(CO)C2C(C)=O)ccc1O. The van der Waals surface area contributed by atoms with Gasteiger partial charge in [0.1, 0.15) is 5.78 Å². The second-order valence-electron chi connectivity index (χ2n) is 7.33. The summed E-state index contributed by atoms with van der Waals surface area (Å²) >= 11 is 0. The van der Waals surface area contributed by atoms with Gasteiger partial charge in [-0.1, -0.05) is 18.2 Å². The lowest BCUT2D eigenvalue weighted by atomic mass is 9.65. The van der Waals surface area contributed by atoms with Gasteiger partial charge in [0.15, 0.2) is 11.5 Å². The van der Waals surface area contributed by atoms with Crippen LogP contribution in [0.15, 0.2) is 30.3 Å². The normalized spacial score (nSPS) is 22.0. The summed E-state index contributed by atoms with van der Waals surface area (Å²) in [6.07, 6.45) is 0.697. The Balaban J connectivity index is 2.24. The first kappa shape index (κ1) is 18.5. The van der Waals surface area contributed by atoms with Crippen LogP contribution in [0, 0.1) is 25.7 Å². The Morgan fingerprint density at radius 2 is 1.88 bits per heavy atom. The molecule has 0 saturated carbocycles. The Labute approximate surface area is 154 Å². The van der Waals surface area contributed by atoms with E-state index in [1.807, 2.05) is 6.07 Å². The van der Waals surface area contributed by atoms with Gasteiger partial charge in [-0.15, -0.1) is 0 Å². The lowest BCUT2D eigenvalue weighted by molar-refractivity contribution is -0.123. The number of rotatable bonds is 4. The van der Waals surface area contributed by atoms with Crippen molar-refractivity contribution >= 4 is 5.78 Å². The summed E-state index contributed by atoms with van der Waals surface area (Å²) in [5.41, 5.74) is 5.63. The van der Waals surface area contributed by atoms with E-state index in [9.17, 15) is 15.0 Å². The third-order valence-electron chi connectivity index (χ3n) is 5.71. The maximum absolute atomic E-state index is 12.5. The van der Waals surface area contributed by atoms with Crippen molar-refractivity contribution < 1.29 is 19.7 Å². The standard InChI is InChI=1S/C22H26O4/c1-12-7-16-9-17(11-23)21(14(3)24)22(18(16)8-13(12)2)15-5-6-19(25)20(10-15)26-4/h5-8,10,17,21-23,25H,9,11H2,1-4H3.